The van der Waals surface area contributed by atoms with Crippen LogP contribution in [0.3, 0.4) is 0 Å². The van der Waals surface area contributed by atoms with Crippen LogP contribution in [0.4, 0.5) is 4.79 Å². The summed E-state index contributed by atoms with van der Waals surface area (Å²) in [5.41, 5.74) is 0. The maximum absolute atomic E-state index is 12.0. The van der Waals surface area contributed by atoms with Gasteiger partial charge in [-0.2, -0.15) is 5.26 Å². The number of nitrogens with one attached hydrogen (secondary N) is 1. The lowest BCUT2D eigenvalue weighted by molar-refractivity contribution is 0.174. The highest BCUT2D eigenvalue weighted by Crippen LogP contribution is 2.17. The van der Waals surface area contributed by atoms with Gasteiger partial charge in [-0.3, -0.25) is 0 Å². The van der Waals surface area contributed by atoms with Gasteiger partial charge in [0.15, 0.2) is 9.84 Å². The first-order valence-corrected chi connectivity index (χ1v) is 7.94. The highest BCUT2D eigenvalue weighted by Gasteiger charge is 2.34. The molecule has 1 unspecified atom stereocenters. The summed E-state index contributed by atoms with van der Waals surface area (Å²) in [4.78, 5) is 15.4. The van der Waals surface area contributed by atoms with Crippen molar-refractivity contribution in [3.63, 3.8) is 0 Å². The molecule has 8 heteroatoms. The molecule has 0 bridgehead atoms. The highest BCUT2D eigenvalue weighted by atomic mass is 32.2. The Bertz CT molecular complexity index is 455. The van der Waals surface area contributed by atoms with Gasteiger partial charge in [0.05, 0.1) is 17.6 Å². The van der Waals surface area contributed by atoms with E-state index in [2.05, 4.69) is 5.32 Å². The quantitative estimate of drug-likeness (QED) is 0.673. The van der Waals surface area contributed by atoms with E-state index in [0.717, 1.165) is 0 Å². The summed E-state index contributed by atoms with van der Waals surface area (Å²) >= 11 is 0. The number of hydrogen-bond donors (Lipinski definition) is 1. The molecule has 1 aliphatic rings. The Kier molecular flexibility index (Phi) is 5.57. The molecular formula is C11H20N4O3S. The smallest absolute Gasteiger partial charge is 0.318 e. The molecule has 0 spiro atoms. The summed E-state index contributed by atoms with van der Waals surface area (Å²) < 4.78 is 23.0. The molecule has 1 rings (SSSR count). The minimum atomic E-state index is -3.03. The lowest BCUT2D eigenvalue weighted by atomic mass is 10.2. The third-order valence-electron chi connectivity index (χ3n) is 3.02. The number of hydrogen-bond acceptors (Lipinski definition) is 5. The van der Waals surface area contributed by atoms with Crippen LogP contribution in [0.2, 0.25) is 0 Å². The van der Waals surface area contributed by atoms with Crippen LogP contribution in [0.5, 0.6) is 0 Å². The molecule has 0 aromatic heterocycles. The monoisotopic (exact) mass is 288 g/mol. The molecule has 1 N–H and O–H groups in total. The Hall–Kier alpha value is -1.33. The molecule has 0 aliphatic carbocycles. The second-order valence-corrected chi connectivity index (χ2v) is 7.10. The number of likely N-dealkylation sites (N-methyl/N-ethyl adjacent to an activating group) is 1. The van der Waals surface area contributed by atoms with Gasteiger partial charge in [-0.25, -0.2) is 13.2 Å². The fourth-order valence-corrected chi connectivity index (χ4v) is 3.73. The SMILES string of the molecule is CN(C)CCN(C(=O)NCC#N)C1CCS(=O)(=O)C1. The summed E-state index contributed by atoms with van der Waals surface area (Å²) in [7, 11) is 0.738. The van der Waals surface area contributed by atoms with E-state index in [9.17, 15) is 13.2 Å². The van der Waals surface area contributed by atoms with E-state index in [0.29, 0.717) is 19.5 Å². The lowest BCUT2D eigenvalue weighted by Crippen LogP contribution is -2.49. The zero-order valence-corrected chi connectivity index (χ0v) is 12.1. The van der Waals surface area contributed by atoms with E-state index in [1.807, 2.05) is 25.1 Å². The largest absolute Gasteiger partial charge is 0.325 e. The molecule has 0 aromatic carbocycles. The molecule has 0 aromatic rings. The minimum Gasteiger partial charge on any atom is -0.325 e. The van der Waals surface area contributed by atoms with Crippen LogP contribution in [0, 0.1) is 11.3 Å². The van der Waals surface area contributed by atoms with Crippen molar-refractivity contribution >= 4 is 15.9 Å². The maximum atomic E-state index is 12.0. The number of nitriles is 1. The summed E-state index contributed by atoms with van der Waals surface area (Å²) in [5, 5.41) is 10.9. The van der Waals surface area contributed by atoms with Crippen molar-refractivity contribution in [3.8, 4) is 6.07 Å². The molecular weight excluding hydrogens is 268 g/mol. The minimum absolute atomic E-state index is 0.0143. The van der Waals surface area contributed by atoms with E-state index in [4.69, 9.17) is 5.26 Å². The molecule has 7 nitrogen and oxygen atoms in total. The number of nitrogens with zero attached hydrogens (tertiary/aromatic N) is 3. The third kappa shape index (κ3) is 5.04. The van der Waals surface area contributed by atoms with Crippen molar-refractivity contribution in [2.45, 2.75) is 12.5 Å². The Labute approximate surface area is 114 Å². The third-order valence-corrected chi connectivity index (χ3v) is 4.77. The van der Waals surface area contributed by atoms with Gasteiger partial charge in [-0.05, 0) is 20.5 Å². The number of rotatable bonds is 5. The average Bonchev–Trinajstić information content (AvgIpc) is 2.66. The summed E-state index contributed by atoms with van der Waals surface area (Å²) in [5.74, 6) is 0.141. The molecule has 1 saturated heterocycles. The molecule has 19 heavy (non-hydrogen) atoms. The van der Waals surface area contributed by atoms with Crippen molar-refractivity contribution in [2.24, 2.45) is 0 Å². The Morgan fingerprint density at radius 3 is 2.58 bits per heavy atom. The van der Waals surface area contributed by atoms with Gasteiger partial charge in [0.1, 0.15) is 6.54 Å². The topological polar surface area (TPSA) is 93.5 Å². The first kappa shape index (κ1) is 15.7. The lowest BCUT2D eigenvalue weighted by Gasteiger charge is -2.29. The van der Waals surface area contributed by atoms with Crippen LogP contribution in [-0.4, -0.2) is 75.5 Å². The average molecular weight is 288 g/mol. The van der Waals surface area contributed by atoms with Gasteiger partial charge in [-0.1, -0.05) is 0 Å². The maximum Gasteiger partial charge on any atom is 0.318 e. The zero-order chi connectivity index (χ0) is 14.5. The standard InChI is InChI=1S/C11H20N4O3S/c1-14(2)6-7-15(11(16)13-5-4-12)10-3-8-19(17,18)9-10/h10H,3,5-9H2,1-2H3,(H,13,16). The molecule has 1 aliphatic heterocycles. The number of amides is 2. The fraction of sp³-hybridized carbons (Fsp3) is 0.818. The van der Waals surface area contributed by atoms with Crippen LogP contribution < -0.4 is 5.32 Å². The Morgan fingerprint density at radius 2 is 2.11 bits per heavy atom. The van der Waals surface area contributed by atoms with Crippen LogP contribution in [-0.2, 0) is 9.84 Å². The van der Waals surface area contributed by atoms with E-state index in [-0.39, 0.29) is 30.1 Å². The Morgan fingerprint density at radius 1 is 1.42 bits per heavy atom. The van der Waals surface area contributed by atoms with Gasteiger partial charge in [0, 0.05) is 19.1 Å². The Balaban J connectivity index is 2.69. The van der Waals surface area contributed by atoms with Crippen LogP contribution >= 0.6 is 0 Å². The number of sulfone groups is 1. The first-order valence-electron chi connectivity index (χ1n) is 6.12. The molecule has 108 valence electrons. The molecule has 1 fully saturated rings. The van der Waals surface area contributed by atoms with Crippen LogP contribution in [0.1, 0.15) is 6.42 Å². The number of urea groups is 1. The highest BCUT2D eigenvalue weighted by molar-refractivity contribution is 7.91. The van der Waals surface area contributed by atoms with Gasteiger partial charge in [0.2, 0.25) is 0 Å². The zero-order valence-electron chi connectivity index (χ0n) is 11.3. The second kappa shape index (κ2) is 6.73. The van der Waals surface area contributed by atoms with Crippen molar-refractivity contribution in [3.05, 3.63) is 0 Å². The molecule has 0 radical (unpaired) electrons. The van der Waals surface area contributed by atoms with E-state index < -0.39 is 9.84 Å². The van der Waals surface area contributed by atoms with Gasteiger partial charge in [-0.15, -0.1) is 0 Å². The molecule has 2 amide bonds. The number of carbonyl (C=O) groups is 1. The van der Waals surface area contributed by atoms with E-state index in [1.165, 1.54) is 4.90 Å². The van der Waals surface area contributed by atoms with Crippen LogP contribution in [0.25, 0.3) is 0 Å². The van der Waals surface area contributed by atoms with E-state index >= 15 is 0 Å². The van der Waals surface area contributed by atoms with E-state index in [1.54, 1.807) is 0 Å². The number of carbonyl (C=O) groups excluding carboxylic acids is 1. The van der Waals surface area contributed by atoms with Crippen LogP contribution in [0.15, 0.2) is 0 Å². The van der Waals surface area contributed by atoms with Crippen molar-refractivity contribution < 1.29 is 13.2 Å². The van der Waals surface area contributed by atoms with Gasteiger partial charge < -0.3 is 15.1 Å². The van der Waals surface area contributed by atoms with Crippen molar-refractivity contribution in [2.75, 3.05) is 45.2 Å². The van der Waals surface area contributed by atoms with Crippen molar-refractivity contribution in [1.82, 2.24) is 15.1 Å². The van der Waals surface area contributed by atoms with Gasteiger partial charge >= 0.3 is 6.03 Å². The first-order chi connectivity index (χ1) is 8.85. The van der Waals surface area contributed by atoms with Crippen molar-refractivity contribution in [1.29, 1.82) is 5.26 Å². The van der Waals surface area contributed by atoms with Gasteiger partial charge in [0.25, 0.3) is 0 Å². The molecule has 0 saturated carbocycles. The summed E-state index contributed by atoms with van der Waals surface area (Å²) in [6, 6.07) is 1.18. The summed E-state index contributed by atoms with van der Waals surface area (Å²) in [6.07, 6.45) is 0.468. The predicted octanol–water partition coefficient (Wildman–Crippen LogP) is -0.730. The molecule has 1 heterocycles. The molecule has 1 atom stereocenters. The predicted molar refractivity (Wildman–Crippen MR) is 71.3 cm³/mol. The normalized spacial score (nSPS) is 21.1. The fourth-order valence-electron chi connectivity index (χ4n) is 2.00. The second-order valence-electron chi connectivity index (χ2n) is 4.87. The summed E-state index contributed by atoms with van der Waals surface area (Å²) in [6.45, 7) is 1.03.